The Kier molecular flexibility index (Phi) is 4.44. The molecule has 3 aromatic rings. The third kappa shape index (κ3) is 3.14. The number of aromatic nitrogens is 2. The van der Waals surface area contributed by atoms with Crippen molar-refractivity contribution in [2.75, 3.05) is 7.05 Å². The van der Waals surface area contributed by atoms with Gasteiger partial charge in [-0.2, -0.15) is 23.2 Å². The number of sulfonamides is 1. The highest BCUT2D eigenvalue weighted by atomic mass is 32.2. The van der Waals surface area contributed by atoms with Gasteiger partial charge in [-0.3, -0.25) is 4.40 Å². The van der Waals surface area contributed by atoms with Crippen molar-refractivity contribution >= 4 is 21.9 Å². The molecule has 9 heteroatoms. The van der Waals surface area contributed by atoms with Crippen molar-refractivity contribution in [3.63, 3.8) is 0 Å². The molecule has 3 rings (SSSR count). The lowest BCUT2D eigenvalue weighted by Gasteiger charge is -2.15. The van der Waals surface area contributed by atoms with Crippen LogP contribution >= 0.6 is 0 Å². The molecule has 0 N–H and O–H groups in total. The number of halogens is 1. The van der Waals surface area contributed by atoms with Gasteiger partial charge in [0.15, 0.2) is 0 Å². The Morgan fingerprint density at radius 3 is 2.85 bits per heavy atom. The number of imidazole rings is 1. The standard InChI is InChI=1S/C17H14FN5O2S/c1-12-3-4-13(8-19)7-16(12)26(24,25)22(2)21-10-15-9-20-17-6-5-14(18)11-23(15)17/h3-7,9-11H,1-2H3. The molecular formula is C17H14FN5O2S. The summed E-state index contributed by atoms with van der Waals surface area (Å²) < 4.78 is 41.1. The zero-order chi connectivity index (χ0) is 18.9. The van der Waals surface area contributed by atoms with Crippen molar-refractivity contribution in [3.8, 4) is 6.07 Å². The summed E-state index contributed by atoms with van der Waals surface area (Å²) in [6.07, 6.45) is 3.97. The fourth-order valence-electron chi connectivity index (χ4n) is 2.36. The van der Waals surface area contributed by atoms with E-state index in [1.807, 2.05) is 6.07 Å². The van der Waals surface area contributed by atoms with Crippen LogP contribution in [-0.4, -0.2) is 35.5 Å². The number of aryl methyl sites for hydroxylation is 1. The predicted octanol–water partition coefficient (Wildman–Crippen LogP) is 2.31. The summed E-state index contributed by atoms with van der Waals surface area (Å²) in [4.78, 5) is 4.10. The Bertz CT molecular complexity index is 1160. The van der Waals surface area contributed by atoms with Gasteiger partial charge in [0.25, 0.3) is 10.0 Å². The number of benzene rings is 1. The van der Waals surface area contributed by atoms with Crippen LogP contribution in [0.2, 0.25) is 0 Å². The number of rotatable bonds is 4. The Morgan fingerprint density at radius 1 is 1.35 bits per heavy atom. The molecule has 0 unspecified atom stereocenters. The van der Waals surface area contributed by atoms with Crippen LogP contribution in [0.3, 0.4) is 0 Å². The molecule has 2 heterocycles. The average Bonchev–Trinajstić information content (AvgIpc) is 3.02. The van der Waals surface area contributed by atoms with E-state index in [1.54, 1.807) is 19.1 Å². The number of hydrogen-bond donors (Lipinski definition) is 0. The molecule has 0 aliphatic carbocycles. The molecule has 2 aromatic heterocycles. The van der Waals surface area contributed by atoms with Crippen LogP contribution in [0.1, 0.15) is 16.8 Å². The van der Waals surface area contributed by atoms with E-state index in [0.717, 1.165) is 4.41 Å². The number of nitrogens with zero attached hydrogens (tertiary/aromatic N) is 5. The number of fused-ring (bicyclic) bond motifs is 1. The van der Waals surface area contributed by atoms with E-state index in [0.29, 0.717) is 16.9 Å². The number of pyridine rings is 1. The van der Waals surface area contributed by atoms with E-state index in [9.17, 15) is 12.8 Å². The van der Waals surface area contributed by atoms with Gasteiger partial charge in [0, 0.05) is 13.2 Å². The Morgan fingerprint density at radius 2 is 2.12 bits per heavy atom. The monoisotopic (exact) mass is 371 g/mol. The van der Waals surface area contributed by atoms with Crippen LogP contribution in [0.5, 0.6) is 0 Å². The van der Waals surface area contributed by atoms with Gasteiger partial charge in [-0.05, 0) is 36.8 Å². The lowest BCUT2D eigenvalue weighted by atomic mass is 10.2. The topological polar surface area (TPSA) is 90.8 Å². The number of hydrazone groups is 1. The normalized spacial score (nSPS) is 11.8. The first kappa shape index (κ1) is 17.6. The minimum atomic E-state index is -3.94. The highest BCUT2D eigenvalue weighted by Gasteiger charge is 2.22. The molecule has 0 aliphatic heterocycles. The van der Waals surface area contributed by atoms with Gasteiger partial charge < -0.3 is 0 Å². The molecule has 7 nitrogen and oxygen atoms in total. The maximum Gasteiger partial charge on any atom is 0.279 e. The van der Waals surface area contributed by atoms with Crippen molar-refractivity contribution in [1.82, 2.24) is 13.8 Å². The van der Waals surface area contributed by atoms with Gasteiger partial charge in [-0.1, -0.05) is 6.07 Å². The minimum Gasteiger partial charge on any atom is -0.296 e. The van der Waals surface area contributed by atoms with Crippen LogP contribution in [0.25, 0.3) is 5.65 Å². The van der Waals surface area contributed by atoms with E-state index in [1.165, 1.54) is 48.3 Å². The summed E-state index contributed by atoms with van der Waals surface area (Å²) in [6, 6.07) is 9.12. The van der Waals surface area contributed by atoms with Crippen LogP contribution < -0.4 is 0 Å². The Hall–Kier alpha value is -3.25. The highest BCUT2D eigenvalue weighted by molar-refractivity contribution is 7.89. The molecule has 0 bridgehead atoms. The second-order valence-electron chi connectivity index (χ2n) is 5.53. The predicted molar refractivity (Wildman–Crippen MR) is 93.6 cm³/mol. The van der Waals surface area contributed by atoms with Gasteiger partial charge in [0.1, 0.15) is 11.5 Å². The van der Waals surface area contributed by atoms with E-state index < -0.39 is 15.8 Å². The molecule has 0 radical (unpaired) electrons. The van der Waals surface area contributed by atoms with E-state index >= 15 is 0 Å². The molecule has 0 spiro atoms. The Labute approximate surface area is 149 Å². The summed E-state index contributed by atoms with van der Waals surface area (Å²) >= 11 is 0. The first-order chi connectivity index (χ1) is 12.3. The smallest absolute Gasteiger partial charge is 0.279 e. The van der Waals surface area contributed by atoms with Gasteiger partial charge in [0.2, 0.25) is 0 Å². The molecule has 0 atom stereocenters. The van der Waals surface area contributed by atoms with E-state index in [-0.39, 0.29) is 10.5 Å². The van der Waals surface area contributed by atoms with Crippen molar-refractivity contribution in [3.05, 3.63) is 65.4 Å². The summed E-state index contributed by atoms with van der Waals surface area (Å²) in [5.41, 5.74) is 1.67. The fourth-order valence-corrected chi connectivity index (χ4v) is 3.57. The molecule has 0 saturated heterocycles. The second kappa shape index (κ2) is 6.57. The summed E-state index contributed by atoms with van der Waals surface area (Å²) in [5.74, 6) is -0.449. The van der Waals surface area contributed by atoms with Crippen molar-refractivity contribution in [2.24, 2.45) is 5.10 Å². The molecule has 26 heavy (non-hydrogen) atoms. The molecule has 0 fully saturated rings. The van der Waals surface area contributed by atoms with Gasteiger partial charge in [0.05, 0.1) is 34.6 Å². The third-order valence-electron chi connectivity index (χ3n) is 3.79. The highest BCUT2D eigenvalue weighted by Crippen LogP contribution is 2.20. The zero-order valence-corrected chi connectivity index (χ0v) is 14.8. The largest absolute Gasteiger partial charge is 0.296 e. The molecule has 0 amide bonds. The number of hydrogen-bond acceptors (Lipinski definition) is 5. The maximum absolute atomic E-state index is 13.4. The fraction of sp³-hybridized carbons (Fsp3) is 0.118. The van der Waals surface area contributed by atoms with Crippen molar-refractivity contribution in [2.45, 2.75) is 11.8 Å². The Balaban J connectivity index is 1.96. The van der Waals surface area contributed by atoms with Crippen LogP contribution in [0.15, 0.2) is 52.7 Å². The van der Waals surface area contributed by atoms with Crippen LogP contribution in [0.4, 0.5) is 4.39 Å². The lowest BCUT2D eigenvalue weighted by Crippen LogP contribution is -2.23. The first-order valence-electron chi connectivity index (χ1n) is 7.49. The lowest BCUT2D eigenvalue weighted by molar-refractivity contribution is 0.490. The van der Waals surface area contributed by atoms with E-state index in [2.05, 4.69) is 10.1 Å². The van der Waals surface area contributed by atoms with Crippen LogP contribution in [0, 0.1) is 24.1 Å². The average molecular weight is 371 g/mol. The third-order valence-corrected chi connectivity index (χ3v) is 5.58. The minimum absolute atomic E-state index is 0.000358. The zero-order valence-electron chi connectivity index (χ0n) is 14.0. The van der Waals surface area contributed by atoms with Crippen LogP contribution in [-0.2, 0) is 10.0 Å². The van der Waals surface area contributed by atoms with Crippen molar-refractivity contribution in [1.29, 1.82) is 5.26 Å². The quantitative estimate of drug-likeness (QED) is 0.520. The molecular weight excluding hydrogens is 357 g/mol. The molecule has 0 saturated carbocycles. The molecule has 0 aliphatic rings. The second-order valence-corrected chi connectivity index (χ2v) is 7.45. The maximum atomic E-state index is 13.4. The first-order valence-corrected chi connectivity index (χ1v) is 8.93. The summed E-state index contributed by atoms with van der Waals surface area (Å²) in [7, 11) is -2.65. The van der Waals surface area contributed by atoms with Gasteiger partial charge in [-0.25, -0.2) is 9.37 Å². The van der Waals surface area contributed by atoms with Gasteiger partial charge >= 0.3 is 0 Å². The van der Waals surface area contributed by atoms with Gasteiger partial charge in [-0.15, -0.1) is 0 Å². The summed E-state index contributed by atoms with van der Waals surface area (Å²) in [5, 5.41) is 12.9. The SMILES string of the molecule is Cc1ccc(C#N)cc1S(=O)(=O)N(C)N=Cc1cnc2ccc(F)cn12. The molecule has 132 valence electrons. The molecule has 1 aromatic carbocycles. The number of nitriles is 1. The van der Waals surface area contributed by atoms with E-state index in [4.69, 9.17) is 5.26 Å². The van der Waals surface area contributed by atoms with Crippen molar-refractivity contribution < 1.29 is 12.8 Å². The summed E-state index contributed by atoms with van der Waals surface area (Å²) in [6.45, 7) is 1.64.